The Morgan fingerprint density at radius 2 is 1.90 bits per heavy atom. The Morgan fingerprint density at radius 3 is 2.52 bits per heavy atom. The summed E-state index contributed by atoms with van der Waals surface area (Å²) in [5.41, 5.74) is 7.08. The van der Waals surface area contributed by atoms with E-state index in [2.05, 4.69) is 6.92 Å². The quantitative estimate of drug-likeness (QED) is 0.863. The van der Waals surface area contributed by atoms with Gasteiger partial charge in [0.05, 0.1) is 5.02 Å². The van der Waals surface area contributed by atoms with Crippen LogP contribution in [-0.4, -0.2) is 25.8 Å². The summed E-state index contributed by atoms with van der Waals surface area (Å²) in [4.78, 5) is 0.104. The number of anilines is 1. The maximum atomic E-state index is 12.8. The second kappa shape index (κ2) is 6.15. The fraction of sp³-hybridized carbons (Fsp3) is 0.600. The Hall–Kier alpha value is -0.780. The zero-order valence-corrected chi connectivity index (χ0v) is 14.3. The van der Waals surface area contributed by atoms with Crippen LogP contribution in [-0.2, 0) is 10.0 Å². The van der Waals surface area contributed by atoms with E-state index in [0.29, 0.717) is 11.6 Å². The van der Waals surface area contributed by atoms with Gasteiger partial charge in [0.1, 0.15) is 4.90 Å². The lowest BCUT2D eigenvalue weighted by atomic mass is 9.86. The molecule has 0 amide bonds. The Morgan fingerprint density at radius 1 is 1.29 bits per heavy atom. The van der Waals surface area contributed by atoms with Crippen molar-refractivity contribution in [3.05, 3.63) is 22.7 Å². The van der Waals surface area contributed by atoms with Crippen LogP contribution in [0.3, 0.4) is 0 Å². The van der Waals surface area contributed by atoms with Gasteiger partial charge >= 0.3 is 0 Å². The third-order valence-electron chi connectivity index (χ3n) is 4.51. The second-order valence-corrected chi connectivity index (χ2v) is 8.36. The standard InChI is InChI=1S/C15H23ClN2O2S/c1-10-6-4-5-7-14(10)18(3)21(19,20)15-9-13(17)11(2)8-12(15)16/h8-10,14H,4-7,17H2,1-3H3. The first-order valence-electron chi connectivity index (χ1n) is 7.28. The van der Waals surface area contributed by atoms with Gasteiger partial charge in [-0.15, -0.1) is 0 Å². The number of hydrogen-bond donors (Lipinski definition) is 1. The highest BCUT2D eigenvalue weighted by Gasteiger charge is 2.34. The molecule has 1 aliphatic rings. The van der Waals surface area contributed by atoms with Gasteiger partial charge < -0.3 is 5.73 Å². The number of aryl methyl sites for hydroxylation is 1. The highest BCUT2D eigenvalue weighted by molar-refractivity contribution is 7.89. The van der Waals surface area contributed by atoms with Gasteiger partial charge in [0.2, 0.25) is 10.0 Å². The van der Waals surface area contributed by atoms with Crippen molar-refractivity contribution in [3.63, 3.8) is 0 Å². The molecular weight excluding hydrogens is 308 g/mol. The van der Waals surface area contributed by atoms with Crippen LogP contribution >= 0.6 is 11.6 Å². The van der Waals surface area contributed by atoms with E-state index in [9.17, 15) is 8.42 Å². The molecule has 1 saturated carbocycles. The van der Waals surface area contributed by atoms with Crippen molar-refractivity contribution < 1.29 is 8.42 Å². The SMILES string of the molecule is Cc1cc(Cl)c(S(=O)(=O)N(C)C2CCCCC2C)cc1N. The van der Waals surface area contributed by atoms with Crippen molar-refractivity contribution in [3.8, 4) is 0 Å². The van der Waals surface area contributed by atoms with E-state index in [1.165, 1.54) is 16.8 Å². The Balaban J connectivity index is 2.39. The number of nitrogens with two attached hydrogens (primary N) is 1. The predicted molar refractivity (Wildman–Crippen MR) is 87.0 cm³/mol. The minimum absolute atomic E-state index is 0.0299. The normalized spacial score (nSPS) is 23.5. The van der Waals surface area contributed by atoms with Crippen molar-refractivity contribution in [1.82, 2.24) is 4.31 Å². The number of sulfonamides is 1. The van der Waals surface area contributed by atoms with Crippen LogP contribution in [0.15, 0.2) is 17.0 Å². The smallest absolute Gasteiger partial charge is 0.244 e. The van der Waals surface area contributed by atoms with Crippen molar-refractivity contribution in [2.75, 3.05) is 12.8 Å². The summed E-state index contributed by atoms with van der Waals surface area (Å²) in [7, 11) is -1.97. The molecule has 2 unspecified atom stereocenters. The van der Waals surface area contributed by atoms with E-state index in [-0.39, 0.29) is 16.0 Å². The summed E-state index contributed by atoms with van der Waals surface area (Å²) < 4.78 is 27.2. The Kier molecular flexibility index (Phi) is 4.85. The van der Waals surface area contributed by atoms with Gasteiger partial charge in [-0.05, 0) is 43.4 Å². The molecule has 1 aliphatic carbocycles. The van der Waals surface area contributed by atoms with Gasteiger partial charge in [-0.25, -0.2) is 8.42 Å². The first-order valence-corrected chi connectivity index (χ1v) is 9.10. The first kappa shape index (κ1) is 16.6. The van der Waals surface area contributed by atoms with E-state index in [1.807, 2.05) is 6.92 Å². The molecule has 1 aromatic carbocycles. The number of halogens is 1. The van der Waals surface area contributed by atoms with E-state index in [4.69, 9.17) is 17.3 Å². The molecule has 0 aliphatic heterocycles. The van der Waals surface area contributed by atoms with Crippen LogP contribution in [0.2, 0.25) is 5.02 Å². The van der Waals surface area contributed by atoms with Gasteiger partial charge in [0, 0.05) is 18.8 Å². The number of benzene rings is 1. The number of nitrogens with zero attached hydrogens (tertiary/aromatic N) is 1. The van der Waals surface area contributed by atoms with Crippen LogP contribution in [0.25, 0.3) is 0 Å². The fourth-order valence-electron chi connectivity index (χ4n) is 3.04. The molecule has 0 spiro atoms. The number of rotatable bonds is 3. The lowest BCUT2D eigenvalue weighted by Crippen LogP contribution is -2.42. The fourth-order valence-corrected chi connectivity index (χ4v) is 5.11. The Labute approximate surface area is 132 Å². The lowest BCUT2D eigenvalue weighted by molar-refractivity contribution is 0.213. The van der Waals surface area contributed by atoms with E-state index in [0.717, 1.165) is 24.8 Å². The zero-order valence-electron chi connectivity index (χ0n) is 12.8. The van der Waals surface area contributed by atoms with Gasteiger partial charge in [0.25, 0.3) is 0 Å². The molecule has 0 saturated heterocycles. The summed E-state index contributed by atoms with van der Waals surface area (Å²) >= 11 is 6.14. The maximum absolute atomic E-state index is 12.8. The molecule has 6 heteroatoms. The van der Waals surface area contributed by atoms with Gasteiger partial charge in [-0.2, -0.15) is 4.31 Å². The summed E-state index contributed by atoms with van der Waals surface area (Å²) in [6, 6.07) is 3.11. The third kappa shape index (κ3) is 3.20. The molecule has 0 heterocycles. The molecule has 2 atom stereocenters. The Bertz CT molecular complexity index is 631. The highest BCUT2D eigenvalue weighted by atomic mass is 35.5. The molecule has 4 nitrogen and oxygen atoms in total. The van der Waals surface area contributed by atoms with E-state index < -0.39 is 10.0 Å². The van der Waals surface area contributed by atoms with Crippen molar-refractivity contribution in [2.45, 2.75) is 50.5 Å². The molecular formula is C15H23ClN2O2S. The van der Waals surface area contributed by atoms with Crippen LogP contribution in [0.1, 0.15) is 38.2 Å². The average molecular weight is 331 g/mol. The van der Waals surface area contributed by atoms with Gasteiger partial charge in [0.15, 0.2) is 0 Å². The molecule has 0 radical (unpaired) electrons. The molecule has 1 fully saturated rings. The largest absolute Gasteiger partial charge is 0.398 e. The van der Waals surface area contributed by atoms with Crippen molar-refractivity contribution in [2.24, 2.45) is 5.92 Å². The summed E-state index contributed by atoms with van der Waals surface area (Å²) in [6.45, 7) is 3.92. The maximum Gasteiger partial charge on any atom is 0.244 e. The summed E-state index contributed by atoms with van der Waals surface area (Å²) in [6.07, 6.45) is 4.20. The number of nitrogen functional groups attached to an aromatic ring is 1. The summed E-state index contributed by atoms with van der Waals surface area (Å²) in [5.74, 6) is 0.361. The van der Waals surface area contributed by atoms with Crippen LogP contribution in [0, 0.1) is 12.8 Å². The minimum atomic E-state index is -3.62. The third-order valence-corrected chi connectivity index (χ3v) is 6.86. The lowest BCUT2D eigenvalue weighted by Gasteiger charge is -2.35. The molecule has 2 N–H and O–H groups in total. The average Bonchev–Trinajstić information content (AvgIpc) is 2.42. The van der Waals surface area contributed by atoms with Crippen molar-refractivity contribution >= 4 is 27.3 Å². The molecule has 2 rings (SSSR count). The topological polar surface area (TPSA) is 63.4 Å². The van der Waals surface area contributed by atoms with Gasteiger partial charge in [-0.3, -0.25) is 0 Å². The van der Waals surface area contributed by atoms with E-state index in [1.54, 1.807) is 13.1 Å². The highest BCUT2D eigenvalue weighted by Crippen LogP contribution is 2.34. The van der Waals surface area contributed by atoms with Crippen LogP contribution in [0.4, 0.5) is 5.69 Å². The van der Waals surface area contributed by atoms with Crippen molar-refractivity contribution in [1.29, 1.82) is 0 Å². The van der Waals surface area contributed by atoms with Crippen LogP contribution < -0.4 is 5.73 Å². The van der Waals surface area contributed by atoms with Crippen LogP contribution in [0.5, 0.6) is 0 Å². The molecule has 21 heavy (non-hydrogen) atoms. The minimum Gasteiger partial charge on any atom is -0.398 e. The van der Waals surface area contributed by atoms with Gasteiger partial charge in [-0.1, -0.05) is 31.4 Å². The molecule has 0 aromatic heterocycles. The predicted octanol–water partition coefficient (Wildman–Crippen LogP) is 3.43. The first-order chi connectivity index (χ1) is 9.75. The molecule has 0 bridgehead atoms. The zero-order chi connectivity index (χ0) is 15.8. The number of hydrogen-bond acceptors (Lipinski definition) is 3. The second-order valence-electron chi connectivity index (χ2n) is 5.99. The monoisotopic (exact) mass is 330 g/mol. The molecule has 1 aromatic rings. The summed E-state index contributed by atoms with van der Waals surface area (Å²) in [5, 5.41) is 0.233. The molecule has 118 valence electrons. The van der Waals surface area contributed by atoms with E-state index >= 15 is 0 Å².